The first kappa shape index (κ1) is 14.2. The molecule has 112 valence electrons. The number of H-pyrrole nitrogens is 1. The summed E-state index contributed by atoms with van der Waals surface area (Å²) in [6, 6.07) is 5.60. The maximum atomic E-state index is 11.5. The van der Waals surface area contributed by atoms with Gasteiger partial charge in [0.2, 0.25) is 11.9 Å². The molecule has 2 aromatic heterocycles. The lowest BCUT2D eigenvalue weighted by Gasteiger charge is -2.10. The first-order chi connectivity index (χ1) is 10.4. The van der Waals surface area contributed by atoms with Crippen LogP contribution in [-0.4, -0.2) is 19.9 Å². The Labute approximate surface area is 127 Å². The van der Waals surface area contributed by atoms with Crippen LogP contribution >= 0.6 is 0 Å². The van der Waals surface area contributed by atoms with Gasteiger partial charge in [0.25, 0.3) is 5.56 Å². The molecule has 0 saturated heterocycles. The lowest BCUT2D eigenvalue weighted by Crippen LogP contribution is -2.12. The Morgan fingerprint density at radius 1 is 1.00 bits per heavy atom. The van der Waals surface area contributed by atoms with Gasteiger partial charge in [-0.1, -0.05) is 11.6 Å². The van der Waals surface area contributed by atoms with Crippen LogP contribution in [0.2, 0.25) is 0 Å². The zero-order valence-corrected chi connectivity index (χ0v) is 13.0. The van der Waals surface area contributed by atoms with E-state index in [0.717, 1.165) is 22.2 Å². The molecule has 2 N–H and O–H groups in total. The van der Waals surface area contributed by atoms with Crippen molar-refractivity contribution in [2.24, 2.45) is 0 Å². The van der Waals surface area contributed by atoms with Crippen LogP contribution in [0.3, 0.4) is 0 Å². The highest BCUT2D eigenvalue weighted by molar-refractivity contribution is 5.85. The Morgan fingerprint density at radius 2 is 1.77 bits per heavy atom. The number of nitrogens with zero attached hydrogens (tertiary/aromatic N) is 3. The van der Waals surface area contributed by atoms with Gasteiger partial charge in [-0.15, -0.1) is 0 Å². The van der Waals surface area contributed by atoms with E-state index in [1.54, 1.807) is 6.92 Å². The van der Waals surface area contributed by atoms with Crippen LogP contribution in [0, 0.1) is 27.7 Å². The molecule has 0 saturated carbocycles. The van der Waals surface area contributed by atoms with E-state index in [9.17, 15) is 4.79 Å². The maximum absolute atomic E-state index is 11.5. The van der Waals surface area contributed by atoms with Crippen LogP contribution in [-0.2, 0) is 0 Å². The highest BCUT2D eigenvalue weighted by atomic mass is 16.1. The van der Waals surface area contributed by atoms with E-state index in [0.29, 0.717) is 17.6 Å². The third-order valence-electron chi connectivity index (χ3n) is 3.43. The van der Waals surface area contributed by atoms with Gasteiger partial charge in [-0.2, -0.15) is 0 Å². The number of benzene rings is 1. The molecule has 2 heterocycles. The lowest BCUT2D eigenvalue weighted by molar-refractivity contribution is 1.05. The van der Waals surface area contributed by atoms with E-state index < -0.39 is 0 Å². The van der Waals surface area contributed by atoms with Crippen LogP contribution in [0.4, 0.5) is 11.9 Å². The minimum absolute atomic E-state index is 0.209. The molecule has 6 heteroatoms. The monoisotopic (exact) mass is 295 g/mol. The zero-order valence-electron chi connectivity index (χ0n) is 13.0. The van der Waals surface area contributed by atoms with E-state index in [1.165, 1.54) is 11.6 Å². The summed E-state index contributed by atoms with van der Waals surface area (Å²) >= 11 is 0. The summed E-state index contributed by atoms with van der Waals surface area (Å²) in [6.45, 7) is 7.79. The molecule has 3 aromatic rings. The van der Waals surface area contributed by atoms with Gasteiger partial charge in [0, 0.05) is 17.1 Å². The van der Waals surface area contributed by atoms with Gasteiger partial charge < -0.3 is 0 Å². The van der Waals surface area contributed by atoms with Crippen LogP contribution in [0.1, 0.15) is 22.5 Å². The van der Waals surface area contributed by atoms with E-state index in [2.05, 4.69) is 44.3 Å². The number of anilines is 2. The van der Waals surface area contributed by atoms with Crippen molar-refractivity contribution >= 4 is 22.8 Å². The van der Waals surface area contributed by atoms with Gasteiger partial charge in [0.05, 0.1) is 11.2 Å². The number of aromatic amines is 1. The Morgan fingerprint density at radius 3 is 2.50 bits per heavy atom. The summed E-state index contributed by atoms with van der Waals surface area (Å²) in [4.78, 5) is 27.4. The highest BCUT2D eigenvalue weighted by Crippen LogP contribution is 2.23. The van der Waals surface area contributed by atoms with E-state index in [1.807, 2.05) is 13.8 Å². The Balaban J connectivity index is 2.10. The Hall–Kier alpha value is -2.76. The fraction of sp³-hybridized carbons (Fsp3) is 0.250. The Bertz CT molecular complexity index is 930. The smallest absolute Gasteiger partial charge is 0.252 e. The molecule has 0 aliphatic carbocycles. The fourth-order valence-electron chi connectivity index (χ4n) is 2.53. The molecule has 3 rings (SSSR count). The molecule has 22 heavy (non-hydrogen) atoms. The maximum Gasteiger partial charge on any atom is 0.252 e. The molecular formula is C16H17N5O. The lowest BCUT2D eigenvalue weighted by atomic mass is 10.1. The predicted molar refractivity (Wildman–Crippen MR) is 86.6 cm³/mol. The van der Waals surface area contributed by atoms with E-state index >= 15 is 0 Å². The van der Waals surface area contributed by atoms with Crippen molar-refractivity contribution < 1.29 is 0 Å². The molecule has 1 aromatic carbocycles. The number of hydrogen-bond acceptors (Lipinski definition) is 5. The normalized spacial score (nSPS) is 10.9. The molecular weight excluding hydrogens is 278 g/mol. The summed E-state index contributed by atoms with van der Waals surface area (Å²) in [7, 11) is 0. The van der Waals surface area contributed by atoms with Gasteiger partial charge >= 0.3 is 0 Å². The topological polar surface area (TPSA) is 83.6 Å². The number of aromatic nitrogens is 4. The Kier molecular flexibility index (Phi) is 3.36. The summed E-state index contributed by atoms with van der Waals surface area (Å²) in [5, 5.41) is 4.01. The molecule has 0 aliphatic rings. The number of hydrogen-bond donors (Lipinski definition) is 2. The van der Waals surface area contributed by atoms with Crippen molar-refractivity contribution in [3.63, 3.8) is 0 Å². The molecule has 0 unspecified atom stereocenters. The summed E-state index contributed by atoms with van der Waals surface area (Å²) in [6.07, 6.45) is 0. The van der Waals surface area contributed by atoms with Crippen molar-refractivity contribution in [1.82, 2.24) is 19.9 Å². The standard InChI is InChI=1S/C16H17N5O/c1-8-5-9(2)14-12(6-8)11(4)18-16(20-14)21-15-17-10(3)7-13(22)19-15/h5-7H,1-4H3,(H2,17,18,19,20,21,22). The molecule has 0 spiro atoms. The van der Waals surface area contributed by atoms with Crippen molar-refractivity contribution in [2.75, 3.05) is 5.32 Å². The summed E-state index contributed by atoms with van der Waals surface area (Å²) < 4.78 is 0. The number of rotatable bonds is 2. The van der Waals surface area contributed by atoms with Crippen LogP contribution in [0.25, 0.3) is 10.9 Å². The largest absolute Gasteiger partial charge is 0.294 e. The third kappa shape index (κ3) is 2.67. The SMILES string of the molecule is Cc1cc(C)c2nc(Nc3nc(C)cc(=O)[nH]3)nc(C)c2c1. The van der Waals surface area contributed by atoms with Crippen molar-refractivity contribution in [3.05, 3.63) is 51.1 Å². The predicted octanol–water partition coefficient (Wildman–Crippen LogP) is 2.69. The van der Waals surface area contributed by atoms with Crippen molar-refractivity contribution in [2.45, 2.75) is 27.7 Å². The molecule has 0 fully saturated rings. The first-order valence-electron chi connectivity index (χ1n) is 7.03. The average Bonchev–Trinajstić information content (AvgIpc) is 2.39. The number of nitrogens with one attached hydrogen (secondary N) is 2. The highest BCUT2D eigenvalue weighted by Gasteiger charge is 2.09. The number of fused-ring (bicyclic) bond motifs is 1. The van der Waals surface area contributed by atoms with Gasteiger partial charge in [-0.05, 0) is 39.3 Å². The quantitative estimate of drug-likeness (QED) is 0.759. The molecule has 0 aliphatic heterocycles. The zero-order chi connectivity index (χ0) is 15.9. The third-order valence-corrected chi connectivity index (χ3v) is 3.43. The van der Waals surface area contributed by atoms with Crippen LogP contribution in [0.5, 0.6) is 0 Å². The van der Waals surface area contributed by atoms with Gasteiger partial charge in [0.15, 0.2) is 0 Å². The van der Waals surface area contributed by atoms with Crippen LogP contribution < -0.4 is 10.9 Å². The minimum Gasteiger partial charge on any atom is -0.294 e. The molecule has 0 bridgehead atoms. The van der Waals surface area contributed by atoms with Gasteiger partial charge in [-0.25, -0.2) is 15.0 Å². The summed E-state index contributed by atoms with van der Waals surface area (Å²) in [5.41, 5.74) is 4.48. The summed E-state index contributed by atoms with van der Waals surface area (Å²) in [5.74, 6) is 0.763. The molecule has 0 atom stereocenters. The van der Waals surface area contributed by atoms with Crippen LogP contribution in [0.15, 0.2) is 23.0 Å². The van der Waals surface area contributed by atoms with E-state index in [-0.39, 0.29) is 5.56 Å². The second kappa shape index (κ2) is 5.22. The van der Waals surface area contributed by atoms with Crippen molar-refractivity contribution in [3.8, 4) is 0 Å². The van der Waals surface area contributed by atoms with Gasteiger partial charge in [0.1, 0.15) is 0 Å². The fourth-order valence-corrected chi connectivity index (χ4v) is 2.53. The second-order valence-corrected chi connectivity index (χ2v) is 5.47. The second-order valence-electron chi connectivity index (χ2n) is 5.47. The number of aryl methyl sites for hydroxylation is 4. The van der Waals surface area contributed by atoms with Gasteiger partial charge in [-0.3, -0.25) is 15.1 Å². The van der Waals surface area contributed by atoms with Crippen molar-refractivity contribution in [1.29, 1.82) is 0 Å². The minimum atomic E-state index is -0.209. The molecule has 6 nitrogen and oxygen atoms in total. The average molecular weight is 295 g/mol. The molecule has 0 amide bonds. The van der Waals surface area contributed by atoms with E-state index in [4.69, 9.17) is 0 Å². The molecule has 0 radical (unpaired) electrons. The first-order valence-corrected chi connectivity index (χ1v) is 7.03.